The molecule has 0 saturated heterocycles. The first-order chi connectivity index (χ1) is 8.86. The highest BCUT2D eigenvalue weighted by Crippen LogP contribution is 2.29. The average Bonchev–Trinajstić information content (AvgIpc) is 3.20. The lowest BCUT2D eigenvalue weighted by molar-refractivity contribution is 0.858. The first-order valence-corrected chi connectivity index (χ1v) is 6.56. The van der Waals surface area contributed by atoms with Crippen LogP contribution >= 0.6 is 0 Å². The van der Waals surface area contributed by atoms with Gasteiger partial charge in [-0.1, -0.05) is 12.1 Å². The third-order valence-corrected chi connectivity index (χ3v) is 3.27. The van der Waals surface area contributed by atoms with E-state index < -0.39 is 0 Å². The highest BCUT2D eigenvalue weighted by atomic mass is 15.0. The molecule has 0 bridgehead atoms. The zero-order valence-corrected chi connectivity index (χ0v) is 10.4. The van der Waals surface area contributed by atoms with Gasteiger partial charge in [0, 0.05) is 18.4 Å². The second-order valence-electron chi connectivity index (χ2n) is 4.87. The second kappa shape index (κ2) is 4.90. The van der Waals surface area contributed by atoms with E-state index >= 15 is 0 Å². The topological polar surface area (TPSA) is 63.8 Å². The Balaban J connectivity index is 1.95. The number of aromatic nitrogens is 2. The first-order valence-electron chi connectivity index (χ1n) is 6.56. The lowest BCUT2D eigenvalue weighted by atomic mass is 10.2. The summed E-state index contributed by atoms with van der Waals surface area (Å²) >= 11 is 0. The molecule has 1 aliphatic rings. The van der Waals surface area contributed by atoms with Crippen molar-refractivity contribution in [3.63, 3.8) is 0 Å². The maximum absolute atomic E-state index is 5.59. The molecule has 0 amide bonds. The standard InChI is InChI=1S/C14H18N4/c15-8-7-13-17-12-4-2-1-3-11(12)14(18-13)16-9-10-5-6-10/h1-4,10H,5-9,15H2,(H,16,17,18). The van der Waals surface area contributed by atoms with Gasteiger partial charge in [0.25, 0.3) is 0 Å². The Morgan fingerprint density at radius 1 is 1.22 bits per heavy atom. The van der Waals surface area contributed by atoms with E-state index in [1.54, 1.807) is 0 Å². The number of rotatable bonds is 5. The van der Waals surface area contributed by atoms with Gasteiger partial charge in [-0.3, -0.25) is 0 Å². The maximum atomic E-state index is 5.59. The minimum Gasteiger partial charge on any atom is -0.369 e. The third-order valence-electron chi connectivity index (χ3n) is 3.27. The van der Waals surface area contributed by atoms with Gasteiger partial charge in [-0.25, -0.2) is 9.97 Å². The number of anilines is 1. The van der Waals surface area contributed by atoms with Gasteiger partial charge in [0.2, 0.25) is 0 Å². The minimum atomic E-state index is 0.584. The molecule has 0 aliphatic heterocycles. The van der Waals surface area contributed by atoms with Gasteiger partial charge in [-0.15, -0.1) is 0 Å². The number of para-hydroxylation sites is 1. The summed E-state index contributed by atoms with van der Waals surface area (Å²) < 4.78 is 0. The lowest BCUT2D eigenvalue weighted by Gasteiger charge is -2.10. The molecule has 1 aromatic carbocycles. The van der Waals surface area contributed by atoms with Crippen molar-refractivity contribution < 1.29 is 0 Å². The Labute approximate surface area is 107 Å². The predicted molar refractivity (Wildman–Crippen MR) is 73.5 cm³/mol. The quantitative estimate of drug-likeness (QED) is 0.841. The van der Waals surface area contributed by atoms with Crippen molar-refractivity contribution in [2.45, 2.75) is 19.3 Å². The summed E-state index contributed by atoms with van der Waals surface area (Å²) in [6.45, 7) is 1.60. The molecule has 94 valence electrons. The Kier molecular flexibility index (Phi) is 3.11. The van der Waals surface area contributed by atoms with Crippen molar-refractivity contribution in [1.29, 1.82) is 0 Å². The molecule has 0 atom stereocenters. The Hall–Kier alpha value is -1.68. The fourth-order valence-corrected chi connectivity index (χ4v) is 2.06. The number of nitrogens with zero attached hydrogens (tertiary/aromatic N) is 2. The molecule has 1 heterocycles. The van der Waals surface area contributed by atoms with E-state index in [0.717, 1.165) is 41.4 Å². The van der Waals surface area contributed by atoms with Crippen molar-refractivity contribution >= 4 is 16.7 Å². The van der Waals surface area contributed by atoms with Crippen LogP contribution in [0.15, 0.2) is 24.3 Å². The van der Waals surface area contributed by atoms with E-state index in [0.29, 0.717) is 6.54 Å². The van der Waals surface area contributed by atoms with Crippen LogP contribution in [0.5, 0.6) is 0 Å². The van der Waals surface area contributed by atoms with E-state index in [2.05, 4.69) is 21.4 Å². The van der Waals surface area contributed by atoms with Crippen molar-refractivity contribution in [2.75, 3.05) is 18.4 Å². The highest BCUT2D eigenvalue weighted by molar-refractivity contribution is 5.88. The number of fused-ring (bicyclic) bond motifs is 1. The fourth-order valence-electron chi connectivity index (χ4n) is 2.06. The molecule has 1 aromatic heterocycles. The van der Waals surface area contributed by atoms with Gasteiger partial charge in [-0.05, 0) is 37.4 Å². The van der Waals surface area contributed by atoms with Crippen LogP contribution < -0.4 is 11.1 Å². The summed E-state index contributed by atoms with van der Waals surface area (Å²) in [6.07, 6.45) is 3.40. The molecule has 0 spiro atoms. The zero-order chi connectivity index (χ0) is 12.4. The molecule has 18 heavy (non-hydrogen) atoms. The van der Waals surface area contributed by atoms with E-state index in [9.17, 15) is 0 Å². The van der Waals surface area contributed by atoms with Crippen LogP contribution in [-0.4, -0.2) is 23.1 Å². The van der Waals surface area contributed by atoms with Gasteiger partial charge < -0.3 is 11.1 Å². The van der Waals surface area contributed by atoms with Crippen molar-refractivity contribution in [3.05, 3.63) is 30.1 Å². The van der Waals surface area contributed by atoms with Crippen LogP contribution in [-0.2, 0) is 6.42 Å². The molecule has 0 unspecified atom stereocenters. The molecule has 2 aromatic rings. The third kappa shape index (κ3) is 2.43. The zero-order valence-electron chi connectivity index (χ0n) is 10.4. The van der Waals surface area contributed by atoms with Crippen molar-refractivity contribution in [2.24, 2.45) is 11.7 Å². The molecule has 0 radical (unpaired) electrons. The summed E-state index contributed by atoms with van der Waals surface area (Å²) in [5.74, 6) is 2.61. The molecule has 1 saturated carbocycles. The van der Waals surface area contributed by atoms with Gasteiger partial charge in [0.1, 0.15) is 11.6 Å². The number of nitrogens with one attached hydrogen (secondary N) is 1. The van der Waals surface area contributed by atoms with Crippen LogP contribution in [0, 0.1) is 5.92 Å². The van der Waals surface area contributed by atoms with E-state index in [1.807, 2.05) is 18.2 Å². The van der Waals surface area contributed by atoms with E-state index in [1.165, 1.54) is 12.8 Å². The van der Waals surface area contributed by atoms with E-state index in [4.69, 9.17) is 5.73 Å². The van der Waals surface area contributed by atoms with Crippen LogP contribution in [0.25, 0.3) is 10.9 Å². The minimum absolute atomic E-state index is 0.584. The Morgan fingerprint density at radius 2 is 2.06 bits per heavy atom. The molecule has 4 nitrogen and oxygen atoms in total. The monoisotopic (exact) mass is 242 g/mol. The highest BCUT2D eigenvalue weighted by Gasteiger charge is 2.21. The summed E-state index contributed by atoms with van der Waals surface area (Å²) in [6, 6.07) is 8.12. The molecule has 3 N–H and O–H groups in total. The van der Waals surface area contributed by atoms with Crippen LogP contribution in [0.1, 0.15) is 18.7 Å². The normalized spacial score (nSPS) is 14.9. The van der Waals surface area contributed by atoms with Gasteiger partial charge >= 0.3 is 0 Å². The van der Waals surface area contributed by atoms with Crippen molar-refractivity contribution in [1.82, 2.24) is 9.97 Å². The van der Waals surface area contributed by atoms with Crippen LogP contribution in [0.2, 0.25) is 0 Å². The van der Waals surface area contributed by atoms with Gasteiger partial charge in [0.05, 0.1) is 5.52 Å². The smallest absolute Gasteiger partial charge is 0.137 e. The fraction of sp³-hybridized carbons (Fsp3) is 0.429. The van der Waals surface area contributed by atoms with Gasteiger partial charge in [0.15, 0.2) is 0 Å². The van der Waals surface area contributed by atoms with Crippen LogP contribution in [0.3, 0.4) is 0 Å². The molecule has 4 heteroatoms. The second-order valence-corrected chi connectivity index (χ2v) is 4.87. The molecule has 1 aliphatic carbocycles. The van der Waals surface area contributed by atoms with Crippen LogP contribution in [0.4, 0.5) is 5.82 Å². The molecule has 1 fully saturated rings. The van der Waals surface area contributed by atoms with E-state index in [-0.39, 0.29) is 0 Å². The SMILES string of the molecule is NCCc1nc(NCC2CC2)c2ccccc2n1. The average molecular weight is 242 g/mol. The number of benzene rings is 1. The van der Waals surface area contributed by atoms with Crippen molar-refractivity contribution in [3.8, 4) is 0 Å². The first kappa shape index (κ1) is 11.4. The van der Waals surface area contributed by atoms with Gasteiger partial charge in [-0.2, -0.15) is 0 Å². The summed E-state index contributed by atoms with van der Waals surface area (Å²) in [5, 5.41) is 4.55. The summed E-state index contributed by atoms with van der Waals surface area (Å²) in [4.78, 5) is 9.13. The Morgan fingerprint density at radius 3 is 2.83 bits per heavy atom. The summed E-state index contributed by atoms with van der Waals surface area (Å²) in [7, 11) is 0. The molecule has 3 rings (SSSR count). The largest absolute Gasteiger partial charge is 0.369 e. The maximum Gasteiger partial charge on any atom is 0.137 e. The number of hydrogen-bond acceptors (Lipinski definition) is 4. The Bertz CT molecular complexity index is 548. The molecular formula is C14H18N4. The summed E-state index contributed by atoms with van der Waals surface area (Å²) in [5.41, 5.74) is 6.58. The number of hydrogen-bond donors (Lipinski definition) is 2. The molecular weight excluding hydrogens is 224 g/mol. The predicted octanol–water partition coefficient (Wildman–Crippen LogP) is 1.95. The lowest BCUT2D eigenvalue weighted by Crippen LogP contribution is -2.11. The number of nitrogens with two attached hydrogens (primary N) is 1.